The van der Waals surface area contributed by atoms with E-state index in [2.05, 4.69) is 15.2 Å². The lowest BCUT2D eigenvalue weighted by molar-refractivity contribution is 0.511. The van der Waals surface area contributed by atoms with Gasteiger partial charge in [-0.15, -0.1) is 0 Å². The summed E-state index contributed by atoms with van der Waals surface area (Å²) in [7, 11) is 0. The summed E-state index contributed by atoms with van der Waals surface area (Å²) in [5, 5.41) is 5.67. The average molecular weight is 221 g/mol. The minimum absolute atomic E-state index is 0.293. The van der Waals surface area contributed by atoms with E-state index >= 15 is 0 Å². The summed E-state index contributed by atoms with van der Waals surface area (Å²) in [5.41, 5.74) is 0.379. The summed E-state index contributed by atoms with van der Waals surface area (Å²) in [4.78, 5) is 15.2. The first-order chi connectivity index (χ1) is 7.66. The Morgan fingerprint density at radius 1 is 1.06 bits per heavy atom. The molecule has 0 aliphatic heterocycles. The number of aromatic amines is 2. The Labute approximate surface area is 86.9 Å². The van der Waals surface area contributed by atoms with Crippen molar-refractivity contribution < 1.29 is 8.78 Å². The Morgan fingerprint density at radius 3 is 2.62 bits per heavy atom. The molecule has 0 radical (unpaired) electrons. The number of benzene rings is 1. The molecule has 0 saturated carbocycles. The van der Waals surface area contributed by atoms with Crippen LogP contribution in [0.4, 0.5) is 8.78 Å². The third kappa shape index (κ3) is 1.06. The van der Waals surface area contributed by atoms with Crippen LogP contribution < -0.4 is 5.56 Å². The van der Waals surface area contributed by atoms with Gasteiger partial charge >= 0.3 is 0 Å². The molecule has 0 spiro atoms. The second kappa shape index (κ2) is 2.88. The molecule has 2 heterocycles. The molecule has 80 valence electrons. The Morgan fingerprint density at radius 2 is 1.81 bits per heavy atom. The molecule has 0 aliphatic rings. The third-order valence-electron chi connectivity index (χ3n) is 2.46. The fourth-order valence-electron chi connectivity index (χ4n) is 1.68. The van der Waals surface area contributed by atoms with Crippen molar-refractivity contribution in [2.45, 2.75) is 0 Å². The highest BCUT2D eigenvalue weighted by Gasteiger charge is 2.10. The van der Waals surface area contributed by atoms with Gasteiger partial charge in [0.2, 0.25) is 0 Å². The molecule has 0 aliphatic carbocycles. The molecule has 6 heteroatoms. The second-order valence-electron chi connectivity index (χ2n) is 3.41. The van der Waals surface area contributed by atoms with Crippen molar-refractivity contribution in [2.24, 2.45) is 0 Å². The van der Waals surface area contributed by atoms with E-state index in [1.165, 1.54) is 6.20 Å². The fraction of sp³-hybridized carbons (Fsp3) is 0. The molecule has 3 aromatic rings. The molecule has 0 fully saturated rings. The molecule has 4 nitrogen and oxygen atoms in total. The lowest BCUT2D eigenvalue weighted by atomic mass is 10.1. The molecular weight excluding hydrogens is 216 g/mol. The van der Waals surface area contributed by atoms with Crippen molar-refractivity contribution in [2.75, 3.05) is 0 Å². The Balaban J connectivity index is 2.60. The Kier molecular flexibility index (Phi) is 1.62. The Bertz CT molecular complexity index is 760. The van der Waals surface area contributed by atoms with Crippen LogP contribution in [0.3, 0.4) is 0 Å². The highest BCUT2D eigenvalue weighted by Crippen LogP contribution is 2.21. The highest BCUT2D eigenvalue weighted by atomic mass is 19.2. The molecule has 16 heavy (non-hydrogen) atoms. The monoisotopic (exact) mass is 221 g/mol. The molecule has 2 aromatic heterocycles. The maximum atomic E-state index is 13.1. The summed E-state index contributed by atoms with van der Waals surface area (Å²) in [6, 6.07) is 2.01. The molecule has 1 aromatic carbocycles. The van der Waals surface area contributed by atoms with Crippen LogP contribution in [0.5, 0.6) is 0 Å². The molecule has 0 amide bonds. The number of nitrogens with zero attached hydrogens (tertiary/aromatic N) is 1. The van der Waals surface area contributed by atoms with Gasteiger partial charge in [-0.2, -0.15) is 0 Å². The number of aromatic nitrogens is 3. The number of hydrogen-bond donors (Lipinski definition) is 2. The van der Waals surface area contributed by atoms with Gasteiger partial charge in [-0.25, -0.2) is 8.78 Å². The maximum absolute atomic E-state index is 13.1. The van der Waals surface area contributed by atoms with Gasteiger partial charge in [-0.3, -0.25) is 20.0 Å². The van der Waals surface area contributed by atoms with Crippen LogP contribution in [0, 0.1) is 11.6 Å². The summed E-state index contributed by atoms with van der Waals surface area (Å²) < 4.78 is 26.0. The van der Waals surface area contributed by atoms with Gasteiger partial charge in [0.1, 0.15) is 0 Å². The Hall–Kier alpha value is -2.24. The first-order valence-electron chi connectivity index (χ1n) is 4.51. The molecular formula is C10H5F2N3O. The topological polar surface area (TPSA) is 61.5 Å². The number of fused-ring (bicyclic) bond motifs is 3. The largest absolute Gasteiger partial charge is 0.297 e. The first kappa shape index (κ1) is 9.02. The SMILES string of the molecule is O=c1[nH][nH]c2c1cnc1cc(F)c(F)cc12. The lowest BCUT2D eigenvalue weighted by Gasteiger charge is -1.99. The highest BCUT2D eigenvalue weighted by molar-refractivity contribution is 6.02. The van der Waals surface area contributed by atoms with Crippen LogP contribution in [0.1, 0.15) is 0 Å². The maximum Gasteiger partial charge on any atom is 0.273 e. The summed E-state index contributed by atoms with van der Waals surface area (Å²) >= 11 is 0. The molecule has 0 atom stereocenters. The molecule has 0 bridgehead atoms. The number of halogens is 2. The molecule has 0 unspecified atom stereocenters. The van der Waals surface area contributed by atoms with Crippen molar-refractivity contribution in [3.63, 3.8) is 0 Å². The predicted octanol–water partition coefficient (Wildman–Crippen LogP) is 1.68. The summed E-state index contributed by atoms with van der Waals surface area (Å²) in [6.07, 6.45) is 1.32. The van der Waals surface area contributed by atoms with E-state index in [1.54, 1.807) is 0 Å². The fourth-order valence-corrected chi connectivity index (χ4v) is 1.68. The van der Waals surface area contributed by atoms with E-state index in [4.69, 9.17) is 0 Å². The van der Waals surface area contributed by atoms with Gasteiger partial charge in [0.15, 0.2) is 11.6 Å². The van der Waals surface area contributed by atoms with E-state index in [0.29, 0.717) is 21.8 Å². The predicted molar refractivity (Wildman–Crippen MR) is 54.1 cm³/mol. The molecule has 0 saturated heterocycles. The minimum atomic E-state index is -0.969. The van der Waals surface area contributed by atoms with Gasteiger partial charge in [0, 0.05) is 17.6 Å². The van der Waals surface area contributed by atoms with E-state index in [0.717, 1.165) is 12.1 Å². The van der Waals surface area contributed by atoms with Crippen LogP contribution in [0.25, 0.3) is 21.8 Å². The third-order valence-corrected chi connectivity index (χ3v) is 2.46. The molecule has 3 rings (SSSR count). The van der Waals surface area contributed by atoms with E-state index in [9.17, 15) is 13.6 Å². The number of nitrogens with one attached hydrogen (secondary N) is 2. The van der Waals surface area contributed by atoms with Crippen molar-refractivity contribution in [1.82, 2.24) is 15.2 Å². The second-order valence-corrected chi connectivity index (χ2v) is 3.41. The van der Waals surface area contributed by atoms with Crippen molar-refractivity contribution in [3.8, 4) is 0 Å². The van der Waals surface area contributed by atoms with Gasteiger partial charge in [0.25, 0.3) is 5.56 Å². The normalized spacial score (nSPS) is 11.4. The van der Waals surface area contributed by atoms with Gasteiger partial charge < -0.3 is 0 Å². The lowest BCUT2D eigenvalue weighted by Crippen LogP contribution is -1.97. The van der Waals surface area contributed by atoms with Crippen molar-refractivity contribution >= 4 is 21.8 Å². The number of hydrogen-bond acceptors (Lipinski definition) is 2. The first-order valence-corrected chi connectivity index (χ1v) is 4.51. The smallest absolute Gasteiger partial charge is 0.273 e. The van der Waals surface area contributed by atoms with Crippen LogP contribution >= 0.6 is 0 Å². The van der Waals surface area contributed by atoms with Crippen LogP contribution in [0.2, 0.25) is 0 Å². The van der Waals surface area contributed by atoms with Crippen LogP contribution in [-0.2, 0) is 0 Å². The quantitative estimate of drug-likeness (QED) is 0.606. The zero-order chi connectivity index (χ0) is 11.3. The van der Waals surface area contributed by atoms with Gasteiger partial charge in [0.05, 0.1) is 16.4 Å². The van der Waals surface area contributed by atoms with Gasteiger partial charge in [-0.05, 0) is 6.07 Å². The average Bonchev–Trinajstić information content (AvgIpc) is 2.63. The van der Waals surface area contributed by atoms with Gasteiger partial charge in [-0.1, -0.05) is 0 Å². The van der Waals surface area contributed by atoms with E-state index in [1.807, 2.05) is 0 Å². The van der Waals surface area contributed by atoms with E-state index in [-0.39, 0.29) is 5.56 Å². The molecule has 2 N–H and O–H groups in total. The van der Waals surface area contributed by atoms with Crippen LogP contribution in [0.15, 0.2) is 23.1 Å². The van der Waals surface area contributed by atoms with Crippen molar-refractivity contribution in [3.05, 3.63) is 40.3 Å². The summed E-state index contributed by atoms with van der Waals surface area (Å²) in [6.45, 7) is 0. The standard InChI is InChI=1S/C10H5F2N3O/c11-6-1-4-8(2-7(6)12)13-3-5-9(4)14-15-10(5)16/h1-3H,(H2,14,15,16). The minimum Gasteiger partial charge on any atom is -0.297 e. The summed E-state index contributed by atoms with van der Waals surface area (Å²) in [5.74, 6) is -1.93. The number of H-pyrrole nitrogens is 2. The zero-order valence-corrected chi connectivity index (χ0v) is 7.84. The number of rotatable bonds is 0. The zero-order valence-electron chi connectivity index (χ0n) is 7.84. The van der Waals surface area contributed by atoms with E-state index < -0.39 is 11.6 Å². The van der Waals surface area contributed by atoms with Crippen LogP contribution in [-0.4, -0.2) is 15.2 Å². The van der Waals surface area contributed by atoms with Crippen molar-refractivity contribution in [1.29, 1.82) is 0 Å². The number of pyridine rings is 1.